The number of halogens is 3. The van der Waals surface area contributed by atoms with Crippen LogP contribution in [0.25, 0.3) is 0 Å². The van der Waals surface area contributed by atoms with Gasteiger partial charge in [-0.05, 0) is 42.9 Å². The normalized spacial score (nSPS) is 42.9. The summed E-state index contributed by atoms with van der Waals surface area (Å²) >= 11 is 14.6. The van der Waals surface area contributed by atoms with E-state index in [4.69, 9.17) is 36.3 Å². The van der Waals surface area contributed by atoms with Crippen LogP contribution in [-0.2, 0) is 47.7 Å². The second-order valence-electron chi connectivity index (χ2n) is 11.5. The Morgan fingerprint density at radius 3 is 2.25 bits per heavy atom. The van der Waals surface area contributed by atoms with Crippen molar-refractivity contribution in [2.75, 3.05) is 19.2 Å². The first-order valence-corrected chi connectivity index (χ1v) is 17.0. The third-order valence-electron chi connectivity index (χ3n) is 9.21. The summed E-state index contributed by atoms with van der Waals surface area (Å²) in [7, 11) is -8.59. The highest BCUT2D eigenvalue weighted by molar-refractivity contribution is 7.86. The number of ketones is 2. The third kappa shape index (κ3) is 4.59. The molecule has 0 amide bonds. The lowest BCUT2D eigenvalue weighted by Gasteiger charge is -2.66. The zero-order chi connectivity index (χ0) is 30.3. The molecule has 15 heteroatoms. The lowest BCUT2D eigenvalue weighted by molar-refractivity contribution is -0.191. The lowest BCUT2D eigenvalue weighted by atomic mass is 9.45. The Hall–Kier alpha value is -1.38. The number of carbonyl (C=O) groups excluding carboxylic acids is 3. The number of allylic oxidation sites excluding steroid dienone is 3. The van der Waals surface area contributed by atoms with Crippen LogP contribution in [0, 0.1) is 22.7 Å². The summed E-state index contributed by atoms with van der Waals surface area (Å²) in [6.45, 7) is 2.89. The number of esters is 1. The van der Waals surface area contributed by atoms with E-state index in [0.717, 1.165) is 25.5 Å². The first-order chi connectivity index (χ1) is 18.2. The fourth-order valence-corrected chi connectivity index (χ4v) is 10.2. The van der Waals surface area contributed by atoms with Crippen LogP contribution in [-0.4, -0.2) is 81.6 Å². The molecule has 0 aliphatic heterocycles. The molecule has 0 bridgehead atoms. The van der Waals surface area contributed by atoms with Gasteiger partial charge < -0.3 is 4.74 Å². The van der Waals surface area contributed by atoms with Gasteiger partial charge in [0.1, 0.15) is 12.2 Å². The van der Waals surface area contributed by atoms with E-state index in [2.05, 4.69) is 0 Å². The second-order valence-corrected chi connectivity index (χ2v) is 15.9. The fourth-order valence-electron chi connectivity index (χ4n) is 7.75. The van der Waals surface area contributed by atoms with E-state index in [9.17, 15) is 35.6 Å². The summed E-state index contributed by atoms with van der Waals surface area (Å²) in [5.41, 5.74) is -4.60. The van der Waals surface area contributed by atoms with Crippen LogP contribution < -0.4 is 0 Å². The van der Waals surface area contributed by atoms with Crippen molar-refractivity contribution in [2.45, 2.75) is 68.1 Å². The van der Waals surface area contributed by atoms with Gasteiger partial charge in [-0.1, -0.05) is 19.9 Å². The summed E-state index contributed by atoms with van der Waals surface area (Å²) in [6, 6.07) is 0. The van der Waals surface area contributed by atoms with Crippen molar-refractivity contribution in [1.82, 2.24) is 0 Å². The molecule has 3 saturated carbocycles. The first kappa shape index (κ1) is 31.6. The van der Waals surface area contributed by atoms with E-state index in [1.165, 1.54) is 12.2 Å². The Bertz CT molecular complexity index is 1430. The molecule has 0 spiro atoms. The molecular weight excluding hydrogens is 614 g/mol. The maximum absolute atomic E-state index is 14.0. The van der Waals surface area contributed by atoms with E-state index in [0.29, 0.717) is 0 Å². The van der Waals surface area contributed by atoms with Gasteiger partial charge in [0.15, 0.2) is 18.1 Å². The van der Waals surface area contributed by atoms with Crippen LogP contribution in [0.3, 0.4) is 0 Å². The van der Waals surface area contributed by atoms with Crippen molar-refractivity contribution in [3.05, 3.63) is 23.8 Å². The highest BCUT2D eigenvalue weighted by Crippen LogP contribution is 2.72. The molecule has 0 unspecified atom stereocenters. The minimum absolute atomic E-state index is 0.0589. The van der Waals surface area contributed by atoms with Gasteiger partial charge in [0.25, 0.3) is 20.2 Å². The van der Waals surface area contributed by atoms with Gasteiger partial charge in [-0.3, -0.25) is 22.7 Å². The van der Waals surface area contributed by atoms with E-state index in [1.54, 1.807) is 13.8 Å². The maximum atomic E-state index is 14.0. The Balaban J connectivity index is 2.04. The Morgan fingerprint density at radius 2 is 1.73 bits per heavy atom. The van der Waals surface area contributed by atoms with Crippen molar-refractivity contribution in [2.24, 2.45) is 22.7 Å². The summed E-state index contributed by atoms with van der Waals surface area (Å²) in [6.07, 6.45) is 2.06. The number of rotatable bonds is 7. The maximum Gasteiger partial charge on any atom is 0.303 e. The highest BCUT2D eigenvalue weighted by Gasteiger charge is 2.78. The molecule has 9 atom stereocenters. The van der Waals surface area contributed by atoms with Gasteiger partial charge in [-0.25, -0.2) is 4.39 Å². The molecule has 0 radical (unpaired) electrons. The van der Waals surface area contributed by atoms with Gasteiger partial charge >= 0.3 is 5.97 Å². The van der Waals surface area contributed by atoms with E-state index < -0.39 is 95.2 Å². The molecule has 4 rings (SSSR count). The number of Topliss-reactive ketones (excluding diaryl/α,β-unsaturated/α-hetero) is 1. The van der Waals surface area contributed by atoms with Gasteiger partial charge in [0, 0.05) is 23.7 Å². The molecular formula is C25H31Cl2FO10S2. The third-order valence-corrected chi connectivity index (χ3v) is 11.9. The lowest BCUT2D eigenvalue weighted by Crippen LogP contribution is -2.73. The monoisotopic (exact) mass is 644 g/mol. The number of hydrogen-bond acceptors (Lipinski definition) is 10. The van der Waals surface area contributed by atoms with Gasteiger partial charge in [0.2, 0.25) is 5.78 Å². The number of hydrogen-bond donors (Lipinski definition) is 0. The summed E-state index contributed by atoms with van der Waals surface area (Å²) in [5.74, 6) is -4.26. The van der Waals surface area contributed by atoms with Crippen LogP contribution in [0.5, 0.6) is 0 Å². The fraction of sp³-hybridized carbons (Fsp3) is 0.720. The summed E-state index contributed by atoms with van der Waals surface area (Å²) in [4.78, 5) is 36.2. The Morgan fingerprint density at radius 1 is 1.12 bits per heavy atom. The average Bonchev–Trinajstić information content (AvgIpc) is 3.08. The molecule has 4 aliphatic rings. The van der Waals surface area contributed by atoms with Crippen LogP contribution in [0.4, 0.5) is 4.39 Å². The van der Waals surface area contributed by atoms with Crippen molar-refractivity contribution in [3.63, 3.8) is 0 Å². The molecule has 3 fully saturated rings. The molecule has 0 saturated heterocycles. The van der Waals surface area contributed by atoms with Crippen LogP contribution in [0.2, 0.25) is 0 Å². The summed E-state index contributed by atoms with van der Waals surface area (Å²) < 4.78 is 80.7. The van der Waals surface area contributed by atoms with E-state index in [-0.39, 0.29) is 24.8 Å². The van der Waals surface area contributed by atoms with E-state index in [1.807, 2.05) is 0 Å². The zero-order valence-corrected chi connectivity index (χ0v) is 25.6. The molecule has 0 aromatic rings. The summed E-state index contributed by atoms with van der Waals surface area (Å²) in [5, 5.41) is -1.10. The number of fused-ring (bicyclic) bond motifs is 5. The number of alkyl halides is 3. The molecule has 224 valence electrons. The predicted octanol–water partition coefficient (Wildman–Crippen LogP) is 2.62. The smallest absolute Gasteiger partial charge is 0.303 e. The van der Waals surface area contributed by atoms with Crippen LogP contribution in [0.15, 0.2) is 23.8 Å². The Labute approximate surface area is 242 Å². The molecule has 10 nitrogen and oxygen atoms in total. The number of ether oxygens (including phenoxy) is 1. The minimum atomic E-state index is -4.31. The van der Waals surface area contributed by atoms with Gasteiger partial charge in [0.05, 0.1) is 22.8 Å². The minimum Gasteiger partial charge on any atom is -0.451 e. The predicted molar refractivity (Wildman–Crippen MR) is 142 cm³/mol. The van der Waals surface area contributed by atoms with Crippen molar-refractivity contribution < 1.29 is 48.7 Å². The quantitative estimate of drug-likeness (QED) is 0.230. The van der Waals surface area contributed by atoms with Crippen LogP contribution in [0.1, 0.15) is 40.0 Å². The SMILES string of the molecule is CC(=O)O[C@]1(C(=O)CF)CC[C@H]2[C@@H]3[C@@H](OS(C)(=O)=O)[C@@H](OS(C)(=O)=O)C4=CC(=O)C=C[C@]4(C)[C@@]3(Cl)[C@@H](Cl)C[C@@]21C. The van der Waals surface area contributed by atoms with Crippen molar-refractivity contribution >= 4 is 61.0 Å². The van der Waals surface area contributed by atoms with Crippen molar-refractivity contribution in [1.29, 1.82) is 0 Å². The standard InChI is InChI=1S/C25H31Cl2FO10S2/c1-13(29)36-24(18(31)12-28)9-7-15-19-21(38-40(5,34)35)20(37-39(4,32)33)16-10-14(30)6-8-22(16,2)25(19,27)17(26)11-23(15,24)3/h6,8,10,15,17,19-21H,7,9,11-12H2,1-5H3/t15-,17-,19+,20-,21+,22-,23-,24-,25+/m0/s1. The average molecular weight is 646 g/mol. The molecule has 0 aromatic heterocycles. The molecule has 4 aliphatic carbocycles. The Kier molecular flexibility index (Phi) is 7.76. The highest BCUT2D eigenvalue weighted by atomic mass is 35.5. The molecule has 40 heavy (non-hydrogen) atoms. The van der Waals surface area contributed by atoms with Crippen LogP contribution >= 0.6 is 23.2 Å². The molecule has 0 aromatic carbocycles. The topological polar surface area (TPSA) is 147 Å². The largest absolute Gasteiger partial charge is 0.451 e. The van der Waals surface area contributed by atoms with Gasteiger partial charge in [-0.2, -0.15) is 16.8 Å². The first-order valence-electron chi connectivity index (χ1n) is 12.5. The van der Waals surface area contributed by atoms with E-state index >= 15 is 0 Å². The number of carbonyl (C=O) groups is 3. The molecule has 0 N–H and O–H groups in total. The second kappa shape index (κ2) is 9.84. The van der Waals surface area contributed by atoms with Crippen molar-refractivity contribution in [3.8, 4) is 0 Å². The van der Waals surface area contributed by atoms with Gasteiger partial charge in [-0.15, -0.1) is 23.2 Å². The molecule has 0 heterocycles. The zero-order valence-electron chi connectivity index (χ0n) is 22.5.